The van der Waals surface area contributed by atoms with E-state index in [-0.39, 0.29) is 5.82 Å². The number of nitrogens with zero attached hydrogens (tertiary/aromatic N) is 3. The number of fused-ring (bicyclic) bond motifs is 2. The summed E-state index contributed by atoms with van der Waals surface area (Å²) in [4.78, 5) is 16.1. The summed E-state index contributed by atoms with van der Waals surface area (Å²) in [6, 6.07) is 19.0. The van der Waals surface area contributed by atoms with Crippen molar-refractivity contribution in [1.82, 2.24) is 20.1 Å². The highest BCUT2D eigenvalue weighted by molar-refractivity contribution is 5.83. The lowest BCUT2D eigenvalue weighted by atomic mass is 10.0. The minimum absolute atomic E-state index is 0.359. The van der Waals surface area contributed by atoms with Crippen LogP contribution in [0.4, 0.5) is 17.6 Å². The summed E-state index contributed by atoms with van der Waals surface area (Å²) in [7, 11) is 0. The van der Waals surface area contributed by atoms with Crippen molar-refractivity contribution in [3.63, 3.8) is 0 Å². The van der Waals surface area contributed by atoms with Gasteiger partial charge in [0.15, 0.2) is 0 Å². The van der Waals surface area contributed by atoms with E-state index in [0.717, 1.165) is 10.9 Å². The SMILES string of the molecule is C[C@H](NC(=O)C(F)(F)F)[C@@H](Oc1ccc2c(cnn2-c2ccc(F)cc2)c1)c1cnc2ccccc2c1. The summed E-state index contributed by atoms with van der Waals surface area (Å²) in [6.07, 6.45) is -2.89. The smallest absolute Gasteiger partial charge is 0.471 e. The van der Waals surface area contributed by atoms with Crippen LogP contribution in [0.25, 0.3) is 27.5 Å². The molecule has 10 heteroatoms. The molecule has 5 aromatic rings. The van der Waals surface area contributed by atoms with Crippen LogP contribution in [0.3, 0.4) is 0 Å². The summed E-state index contributed by atoms with van der Waals surface area (Å²) in [5.74, 6) is -2.06. The molecule has 2 aromatic heterocycles. The van der Waals surface area contributed by atoms with E-state index in [9.17, 15) is 22.4 Å². The Balaban J connectivity index is 1.49. The van der Waals surface area contributed by atoms with Crippen LogP contribution < -0.4 is 10.1 Å². The third kappa shape index (κ3) is 5.09. The maximum Gasteiger partial charge on any atom is 0.471 e. The van der Waals surface area contributed by atoms with E-state index in [1.807, 2.05) is 29.6 Å². The molecule has 3 aromatic carbocycles. The van der Waals surface area contributed by atoms with Crippen LogP contribution in [0, 0.1) is 5.82 Å². The molecule has 0 aliphatic heterocycles. The number of hydrogen-bond donors (Lipinski definition) is 1. The van der Waals surface area contributed by atoms with Crippen molar-refractivity contribution in [1.29, 1.82) is 0 Å². The van der Waals surface area contributed by atoms with Crippen LogP contribution >= 0.6 is 0 Å². The van der Waals surface area contributed by atoms with Crippen molar-refractivity contribution in [2.45, 2.75) is 25.2 Å². The molecule has 0 radical (unpaired) electrons. The monoisotopic (exact) mass is 508 g/mol. The third-order valence-corrected chi connectivity index (χ3v) is 5.88. The average molecular weight is 508 g/mol. The van der Waals surface area contributed by atoms with E-state index >= 15 is 0 Å². The van der Waals surface area contributed by atoms with Gasteiger partial charge in [0, 0.05) is 22.5 Å². The van der Waals surface area contributed by atoms with Crippen molar-refractivity contribution in [3.8, 4) is 11.4 Å². The summed E-state index contributed by atoms with van der Waals surface area (Å²) < 4.78 is 60.0. The number of carbonyl (C=O) groups is 1. The van der Waals surface area contributed by atoms with E-state index in [1.165, 1.54) is 25.3 Å². The normalized spacial score (nSPS) is 13.4. The van der Waals surface area contributed by atoms with Crippen molar-refractivity contribution >= 4 is 27.7 Å². The van der Waals surface area contributed by atoms with Gasteiger partial charge in [-0.1, -0.05) is 18.2 Å². The third-order valence-electron chi connectivity index (χ3n) is 5.88. The van der Waals surface area contributed by atoms with Gasteiger partial charge in [-0.05, 0) is 61.5 Å². The molecule has 188 valence electrons. The quantitative estimate of drug-likeness (QED) is 0.290. The molecule has 1 N–H and O–H groups in total. The van der Waals surface area contributed by atoms with E-state index in [1.54, 1.807) is 47.3 Å². The topological polar surface area (TPSA) is 69.0 Å². The van der Waals surface area contributed by atoms with Gasteiger partial charge in [-0.15, -0.1) is 0 Å². The molecule has 0 unspecified atom stereocenters. The molecule has 1 amide bonds. The molecule has 0 saturated carbocycles. The van der Waals surface area contributed by atoms with Crippen molar-refractivity contribution < 1.29 is 27.1 Å². The number of benzene rings is 3. The number of amides is 1. The number of carbonyl (C=O) groups excluding carboxylic acids is 1. The fourth-order valence-electron chi connectivity index (χ4n) is 4.09. The molecule has 0 aliphatic rings. The Morgan fingerprint density at radius 3 is 2.49 bits per heavy atom. The molecule has 0 saturated heterocycles. The van der Waals surface area contributed by atoms with Gasteiger partial charge in [0.25, 0.3) is 0 Å². The fourth-order valence-corrected chi connectivity index (χ4v) is 4.09. The molecule has 0 aliphatic carbocycles. The second-order valence-corrected chi connectivity index (χ2v) is 8.51. The zero-order valence-corrected chi connectivity index (χ0v) is 19.4. The maximum absolute atomic E-state index is 13.3. The number of aromatic nitrogens is 3. The van der Waals surface area contributed by atoms with E-state index < -0.39 is 24.2 Å². The molecule has 2 heterocycles. The summed E-state index contributed by atoms with van der Waals surface area (Å²) in [6.45, 7) is 1.44. The number of para-hydroxylation sites is 1. The predicted molar refractivity (Wildman–Crippen MR) is 130 cm³/mol. The molecule has 0 bridgehead atoms. The van der Waals surface area contributed by atoms with Crippen molar-refractivity contribution in [2.24, 2.45) is 0 Å². The molecule has 5 rings (SSSR count). The van der Waals surface area contributed by atoms with Gasteiger partial charge >= 0.3 is 12.1 Å². The van der Waals surface area contributed by atoms with Crippen LogP contribution in [-0.2, 0) is 4.79 Å². The molecule has 2 atom stereocenters. The Hall–Kier alpha value is -4.47. The van der Waals surface area contributed by atoms with Crippen LogP contribution in [0.1, 0.15) is 18.6 Å². The first kappa shape index (κ1) is 24.2. The Morgan fingerprint density at radius 1 is 0.973 bits per heavy atom. The summed E-state index contributed by atoms with van der Waals surface area (Å²) in [5.41, 5.74) is 2.59. The molecule has 0 fully saturated rings. The zero-order valence-electron chi connectivity index (χ0n) is 19.4. The van der Waals surface area contributed by atoms with Crippen molar-refractivity contribution in [2.75, 3.05) is 0 Å². The van der Waals surface area contributed by atoms with E-state index in [0.29, 0.717) is 27.9 Å². The first-order valence-corrected chi connectivity index (χ1v) is 11.3. The highest BCUT2D eigenvalue weighted by atomic mass is 19.4. The standard InChI is InChI=1S/C27H20F4N4O2/c1-16(34-26(36)27(29,30)31)25(19-12-17-4-2-3-5-23(17)32-14-19)37-22-10-11-24-18(13-22)15-33-35(24)21-8-6-20(28)7-9-21/h2-16,25H,1H3,(H,34,36)/t16-,25+/m0/s1. The zero-order chi connectivity index (χ0) is 26.2. The second kappa shape index (κ2) is 9.53. The maximum atomic E-state index is 13.3. The first-order chi connectivity index (χ1) is 17.7. The lowest BCUT2D eigenvalue weighted by Crippen LogP contribution is -2.45. The number of rotatable bonds is 6. The van der Waals surface area contributed by atoms with Gasteiger partial charge in [-0.2, -0.15) is 18.3 Å². The fraction of sp³-hybridized carbons (Fsp3) is 0.148. The summed E-state index contributed by atoms with van der Waals surface area (Å²) in [5, 5.41) is 7.82. The average Bonchev–Trinajstić information content (AvgIpc) is 3.30. The Morgan fingerprint density at radius 2 is 1.73 bits per heavy atom. The van der Waals surface area contributed by atoms with Gasteiger partial charge in [-0.25, -0.2) is 9.07 Å². The van der Waals surface area contributed by atoms with Gasteiger partial charge in [0.05, 0.1) is 29.0 Å². The summed E-state index contributed by atoms with van der Waals surface area (Å²) >= 11 is 0. The van der Waals surface area contributed by atoms with Crippen LogP contribution in [0.5, 0.6) is 5.75 Å². The lowest BCUT2D eigenvalue weighted by Gasteiger charge is -2.27. The van der Waals surface area contributed by atoms with Crippen molar-refractivity contribution in [3.05, 3.63) is 96.6 Å². The van der Waals surface area contributed by atoms with Gasteiger partial charge in [0.1, 0.15) is 17.7 Å². The molecular formula is C27H20F4N4O2. The molecule has 6 nitrogen and oxygen atoms in total. The van der Waals surface area contributed by atoms with Crippen LogP contribution in [0.2, 0.25) is 0 Å². The number of pyridine rings is 1. The Bertz CT molecular complexity index is 1580. The number of alkyl halides is 3. The predicted octanol–water partition coefficient (Wildman–Crippen LogP) is 5.90. The number of ether oxygens (including phenoxy) is 1. The second-order valence-electron chi connectivity index (χ2n) is 8.51. The van der Waals surface area contributed by atoms with E-state index in [4.69, 9.17) is 4.74 Å². The number of hydrogen-bond acceptors (Lipinski definition) is 4. The van der Waals surface area contributed by atoms with Crippen LogP contribution in [-0.4, -0.2) is 32.9 Å². The molecule has 37 heavy (non-hydrogen) atoms. The van der Waals surface area contributed by atoms with Gasteiger partial charge in [0.2, 0.25) is 0 Å². The van der Waals surface area contributed by atoms with Crippen LogP contribution in [0.15, 0.2) is 85.2 Å². The highest BCUT2D eigenvalue weighted by Gasteiger charge is 2.40. The minimum atomic E-state index is -5.03. The van der Waals surface area contributed by atoms with E-state index in [2.05, 4.69) is 10.1 Å². The highest BCUT2D eigenvalue weighted by Crippen LogP contribution is 2.30. The Labute approximate surface area is 208 Å². The van der Waals surface area contributed by atoms with Gasteiger partial charge in [-0.3, -0.25) is 9.78 Å². The largest absolute Gasteiger partial charge is 0.484 e. The lowest BCUT2D eigenvalue weighted by molar-refractivity contribution is -0.174. The number of halogens is 4. The first-order valence-electron chi connectivity index (χ1n) is 11.3. The number of nitrogens with one attached hydrogen (secondary N) is 1. The minimum Gasteiger partial charge on any atom is -0.484 e. The Kier molecular flexibility index (Phi) is 6.24. The molecular weight excluding hydrogens is 488 g/mol. The van der Waals surface area contributed by atoms with Gasteiger partial charge < -0.3 is 10.1 Å². The molecule has 0 spiro atoms.